The molecule has 0 spiro atoms. The van der Waals surface area contributed by atoms with Crippen molar-refractivity contribution < 1.29 is 24.5 Å². The highest BCUT2D eigenvalue weighted by molar-refractivity contribution is 5.76. The predicted octanol–water partition coefficient (Wildman–Crippen LogP) is 16.1. The second-order valence-corrected chi connectivity index (χ2v) is 18.6. The highest BCUT2D eigenvalue weighted by Crippen LogP contribution is 2.17. The van der Waals surface area contributed by atoms with Gasteiger partial charge in [-0.1, -0.05) is 244 Å². The Morgan fingerprint density at radius 3 is 1.20 bits per heavy atom. The van der Waals surface area contributed by atoms with Gasteiger partial charge in [-0.25, -0.2) is 0 Å². The third-order valence-corrected chi connectivity index (χ3v) is 12.6. The van der Waals surface area contributed by atoms with Crippen LogP contribution in [0.4, 0.5) is 0 Å². The number of hydrogen-bond donors (Lipinski definition) is 3. The quantitative estimate of drug-likeness (QED) is 0.0322. The molecule has 0 aromatic rings. The van der Waals surface area contributed by atoms with Gasteiger partial charge in [0.05, 0.1) is 25.4 Å². The van der Waals surface area contributed by atoms with Crippen LogP contribution in [-0.4, -0.2) is 47.4 Å². The maximum absolute atomic E-state index is 12.4. The molecule has 0 heterocycles. The van der Waals surface area contributed by atoms with Crippen LogP contribution < -0.4 is 5.32 Å². The number of aliphatic hydroxyl groups excluding tert-OH is 2. The Hall–Kier alpha value is -1.40. The summed E-state index contributed by atoms with van der Waals surface area (Å²) in [5.41, 5.74) is 0. The first-order valence-corrected chi connectivity index (χ1v) is 26.9. The van der Waals surface area contributed by atoms with Gasteiger partial charge < -0.3 is 20.3 Å². The van der Waals surface area contributed by atoms with Crippen molar-refractivity contribution in [2.75, 3.05) is 13.2 Å². The largest absolute Gasteiger partial charge is 0.466 e. The van der Waals surface area contributed by atoms with Gasteiger partial charge in [0.1, 0.15) is 0 Å². The van der Waals surface area contributed by atoms with Crippen molar-refractivity contribution in [1.82, 2.24) is 5.32 Å². The monoisotopic (exact) mass is 848 g/mol. The van der Waals surface area contributed by atoms with E-state index in [-0.39, 0.29) is 18.5 Å². The maximum atomic E-state index is 12.4. The van der Waals surface area contributed by atoms with Crippen molar-refractivity contribution in [2.45, 2.75) is 309 Å². The van der Waals surface area contributed by atoms with Gasteiger partial charge in [0, 0.05) is 12.8 Å². The van der Waals surface area contributed by atoms with E-state index in [1.54, 1.807) is 0 Å². The molecule has 0 aliphatic heterocycles. The van der Waals surface area contributed by atoms with E-state index in [0.717, 1.165) is 70.6 Å². The molecule has 3 N–H and O–H groups in total. The summed E-state index contributed by atoms with van der Waals surface area (Å²) in [6, 6.07) is -0.560. The summed E-state index contributed by atoms with van der Waals surface area (Å²) in [5, 5.41) is 23.2. The highest BCUT2D eigenvalue weighted by Gasteiger charge is 2.20. The molecule has 2 atom stereocenters. The number of allylic oxidation sites excluding steroid dienone is 2. The Morgan fingerprint density at radius 2 is 0.783 bits per heavy atom. The lowest BCUT2D eigenvalue weighted by molar-refractivity contribution is -0.143. The van der Waals surface area contributed by atoms with Crippen molar-refractivity contribution in [3.05, 3.63) is 12.2 Å². The van der Waals surface area contributed by atoms with Gasteiger partial charge in [-0.05, 0) is 51.4 Å². The Kier molecular flexibility index (Phi) is 49.1. The zero-order valence-electron chi connectivity index (χ0n) is 40.5. The third-order valence-electron chi connectivity index (χ3n) is 12.6. The number of amides is 1. The summed E-state index contributed by atoms with van der Waals surface area (Å²) in [6.07, 6.45) is 57.6. The molecule has 356 valence electrons. The minimum atomic E-state index is -0.680. The van der Waals surface area contributed by atoms with Crippen LogP contribution in [-0.2, 0) is 14.3 Å². The van der Waals surface area contributed by atoms with Crippen LogP contribution >= 0.6 is 0 Å². The van der Waals surface area contributed by atoms with Gasteiger partial charge in [0.25, 0.3) is 0 Å². The molecular weight excluding hydrogens is 743 g/mol. The number of ether oxygens (including phenoxy) is 1. The SMILES string of the molecule is CCCCCCCCCCCCCCCCCC(=O)OCCCCCCCC/C=C\CCCCCC(=O)NC(CO)C(O)CCCCCCCCCCCCCCCCC. The third kappa shape index (κ3) is 46.1. The summed E-state index contributed by atoms with van der Waals surface area (Å²) in [7, 11) is 0. The van der Waals surface area contributed by atoms with E-state index in [4.69, 9.17) is 4.74 Å². The smallest absolute Gasteiger partial charge is 0.305 e. The van der Waals surface area contributed by atoms with Gasteiger partial charge in [0.15, 0.2) is 0 Å². The van der Waals surface area contributed by atoms with E-state index in [2.05, 4.69) is 31.3 Å². The topological polar surface area (TPSA) is 95.9 Å². The van der Waals surface area contributed by atoms with Crippen LogP contribution in [0, 0.1) is 0 Å². The van der Waals surface area contributed by atoms with Crippen LogP contribution in [0.15, 0.2) is 12.2 Å². The first kappa shape index (κ1) is 58.6. The molecule has 60 heavy (non-hydrogen) atoms. The maximum Gasteiger partial charge on any atom is 0.305 e. The molecule has 0 radical (unpaired) electrons. The van der Waals surface area contributed by atoms with E-state index in [9.17, 15) is 19.8 Å². The molecule has 0 aromatic heterocycles. The Morgan fingerprint density at radius 1 is 0.450 bits per heavy atom. The Bertz CT molecular complexity index is 893. The molecule has 6 heteroatoms. The van der Waals surface area contributed by atoms with Crippen LogP contribution in [0.3, 0.4) is 0 Å². The number of rotatable bonds is 50. The molecule has 0 fully saturated rings. The van der Waals surface area contributed by atoms with Crippen molar-refractivity contribution >= 4 is 11.9 Å². The minimum Gasteiger partial charge on any atom is -0.466 e. The average Bonchev–Trinajstić information content (AvgIpc) is 3.25. The van der Waals surface area contributed by atoms with E-state index >= 15 is 0 Å². The van der Waals surface area contributed by atoms with Crippen LogP contribution in [0.25, 0.3) is 0 Å². The van der Waals surface area contributed by atoms with Crippen molar-refractivity contribution in [1.29, 1.82) is 0 Å². The van der Waals surface area contributed by atoms with Gasteiger partial charge in [0.2, 0.25) is 5.91 Å². The number of hydrogen-bond acceptors (Lipinski definition) is 5. The molecule has 0 aromatic carbocycles. The standard InChI is InChI=1S/C54H105NO5/c1-3-5-7-9-11-13-15-17-19-22-26-30-34-38-42-46-52(57)51(50-56)55-53(58)47-43-39-35-31-27-23-21-25-29-33-37-41-45-49-60-54(59)48-44-40-36-32-28-24-20-18-16-14-12-10-8-6-4-2/h23,27,51-52,56-57H,3-22,24-26,28-50H2,1-2H3,(H,55,58)/b27-23-. The van der Waals surface area contributed by atoms with E-state index in [1.165, 1.54) is 193 Å². The highest BCUT2D eigenvalue weighted by atomic mass is 16.5. The predicted molar refractivity (Wildman–Crippen MR) is 260 cm³/mol. The van der Waals surface area contributed by atoms with Gasteiger partial charge in [-0.3, -0.25) is 9.59 Å². The first-order valence-electron chi connectivity index (χ1n) is 26.9. The van der Waals surface area contributed by atoms with Gasteiger partial charge in [-0.2, -0.15) is 0 Å². The van der Waals surface area contributed by atoms with Gasteiger partial charge in [-0.15, -0.1) is 0 Å². The lowest BCUT2D eigenvalue weighted by Gasteiger charge is -2.22. The van der Waals surface area contributed by atoms with Crippen LogP contribution in [0.2, 0.25) is 0 Å². The van der Waals surface area contributed by atoms with Crippen LogP contribution in [0.1, 0.15) is 296 Å². The van der Waals surface area contributed by atoms with Crippen molar-refractivity contribution in [3.63, 3.8) is 0 Å². The molecule has 6 nitrogen and oxygen atoms in total. The fraction of sp³-hybridized carbons (Fsp3) is 0.926. The number of esters is 1. The minimum absolute atomic E-state index is 0.00931. The molecule has 0 aliphatic rings. The van der Waals surface area contributed by atoms with E-state index in [0.29, 0.717) is 25.9 Å². The summed E-state index contributed by atoms with van der Waals surface area (Å²) in [6.45, 7) is 4.92. The van der Waals surface area contributed by atoms with Crippen molar-refractivity contribution in [2.24, 2.45) is 0 Å². The van der Waals surface area contributed by atoms with Crippen molar-refractivity contribution in [3.8, 4) is 0 Å². The zero-order valence-corrected chi connectivity index (χ0v) is 40.5. The van der Waals surface area contributed by atoms with Gasteiger partial charge >= 0.3 is 5.97 Å². The van der Waals surface area contributed by atoms with E-state index < -0.39 is 12.1 Å². The number of aliphatic hydroxyl groups is 2. The lowest BCUT2D eigenvalue weighted by atomic mass is 10.0. The molecular formula is C54H105NO5. The number of carbonyl (C=O) groups is 2. The normalized spacial score (nSPS) is 12.7. The summed E-state index contributed by atoms with van der Waals surface area (Å²) in [4.78, 5) is 24.5. The number of unbranched alkanes of at least 4 members (excludes halogenated alkanes) is 37. The van der Waals surface area contributed by atoms with Crippen LogP contribution in [0.5, 0.6) is 0 Å². The first-order chi connectivity index (χ1) is 29.5. The Labute approximate surface area is 374 Å². The van der Waals surface area contributed by atoms with E-state index in [1.807, 2.05) is 0 Å². The molecule has 2 unspecified atom stereocenters. The molecule has 0 saturated carbocycles. The second-order valence-electron chi connectivity index (χ2n) is 18.6. The fourth-order valence-corrected chi connectivity index (χ4v) is 8.40. The summed E-state index contributed by atoms with van der Waals surface area (Å²) < 4.78 is 5.46. The number of carbonyl (C=O) groups excluding carboxylic acids is 2. The lowest BCUT2D eigenvalue weighted by Crippen LogP contribution is -2.45. The fourth-order valence-electron chi connectivity index (χ4n) is 8.40. The summed E-state index contributed by atoms with van der Waals surface area (Å²) in [5.74, 6) is -0.0725. The molecule has 0 saturated heterocycles. The zero-order chi connectivity index (χ0) is 43.7. The summed E-state index contributed by atoms with van der Waals surface area (Å²) >= 11 is 0. The number of nitrogens with one attached hydrogen (secondary N) is 1. The molecule has 0 bridgehead atoms. The Balaban J connectivity index is 3.48. The molecule has 1 amide bonds. The average molecular weight is 848 g/mol. The second kappa shape index (κ2) is 50.2. The molecule has 0 rings (SSSR count). The molecule has 0 aliphatic carbocycles.